The number of pyridine rings is 2. The zero-order valence-corrected chi connectivity index (χ0v) is 18.4. The Morgan fingerprint density at radius 3 is 2.62 bits per heavy atom. The molecule has 7 nitrogen and oxygen atoms in total. The first-order valence-corrected chi connectivity index (χ1v) is 11.4. The van der Waals surface area contributed by atoms with Crippen molar-refractivity contribution >= 4 is 11.5 Å². The molecule has 7 heteroatoms. The minimum Gasteiger partial charge on any atom is -0.478 e. The van der Waals surface area contributed by atoms with E-state index in [0.717, 1.165) is 48.1 Å². The second kappa shape index (κ2) is 9.34. The standard InChI is InChI=1S/C25H28N6O/c1-2-32-25-7-6-20(18-27-25)15-22-28-21(17-24(29-22)30-10-4-3-5-11-30)14-19-8-12-31-13-9-26-23(31)16-19/h6-9,12-13,16-18H,2-5,10-11,14-15H2,1H3. The van der Waals surface area contributed by atoms with E-state index in [0.29, 0.717) is 18.9 Å². The molecule has 0 N–H and O–H groups in total. The largest absolute Gasteiger partial charge is 0.478 e. The molecule has 164 valence electrons. The van der Waals surface area contributed by atoms with Gasteiger partial charge in [0.15, 0.2) is 0 Å². The summed E-state index contributed by atoms with van der Waals surface area (Å²) in [7, 11) is 0. The van der Waals surface area contributed by atoms with Gasteiger partial charge in [0.25, 0.3) is 0 Å². The SMILES string of the molecule is CCOc1ccc(Cc2nc(Cc3ccn4ccnc4c3)cc(N3CCCCC3)n2)cn1. The van der Waals surface area contributed by atoms with Crippen molar-refractivity contribution in [1.29, 1.82) is 0 Å². The van der Waals surface area contributed by atoms with Gasteiger partial charge in [0, 0.05) is 62.9 Å². The molecule has 32 heavy (non-hydrogen) atoms. The van der Waals surface area contributed by atoms with E-state index in [1.54, 1.807) is 0 Å². The van der Waals surface area contributed by atoms with Crippen LogP contribution in [0.5, 0.6) is 5.88 Å². The van der Waals surface area contributed by atoms with E-state index in [2.05, 4.69) is 39.3 Å². The third-order valence-electron chi connectivity index (χ3n) is 5.79. The van der Waals surface area contributed by atoms with Gasteiger partial charge in [-0.25, -0.2) is 19.9 Å². The van der Waals surface area contributed by atoms with E-state index in [-0.39, 0.29) is 0 Å². The summed E-state index contributed by atoms with van der Waals surface area (Å²) < 4.78 is 7.48. The molecule has 4 aromatic rings. The molecule has 0 amide bonds. The lowest BCUT2D eigenvalue weighted by Crippen LogP contribution is -2.30. The van der Waals surface area contributed by atoms with Crippen LogP contribution >= 0.6 is 0 Å². The van der Waals surface area contributed by atoms with Crippen LogP contribution < -0.4 is 9.64 Å². The van der Waals surface area contributed by atoms with Crippen molar-refractivity contribution in [3.8, 4) is 5.88 Å². The van der Waals surface area contributed by atoms with E-state index in [1.165, 1.54) is 24.8 Å². The normalized spacial score (nSPS) is 14.1. The van der Waals surface area contributed by atoms with Crippen molar-refractivity contribution in [3.05, 3.63) is 77.8 Å². The van der Waals surface area contributed by atoms with Crippen molar-refractivity contribution in [2.24, 2.45) is 0 Å². The van der Waals surface area contributed by atoms with Gasteiger partial charge in [0.1, 0.15) is 17.3 Å². The fourth-order valence-corrected chi connectivity index (χ4v) is 4.19. The van der Waals surface area contributed by atoms with E-state index in [9.17, 15) is 0 Å². The average molecular weight is 429 g/mol. The van der Waals surface area contributed by atoms with Crippen molar-refractivity contribution < 1.29 is 4.74 Å². The quantitative estimate of drug-likeness (QED) is 0.442. The van der Waals surface area contributed by atoms with Crippen molar-refractivity contribution in [3.63, 3.8) is 0 Å². The van der Waals surface area contributed by atoms with Crippen LogP contribution in [0.3, 0.4) is 0 Å². The maximum absolute atomic E-state index is 5.46. The maximum atomic E-state index is 5.46. The summed E-state index contributed by atoms with van der Waals surface area (Å²) in [6.45, 7) is 4.68. The van der Waals surface area contributed by atoms with Gasteiger partial charge >= 0.3 is 0 Å². The lowest BCUT2D eigenvalue weighted by Gasteiger charge is -2.28. The predicted octanol–water partition coefficient (Wildman–Crippen LogP) is 4.09. The van der Waals surface area contributed by atoms with Crippen LogP contribution in [-0.2, 0) is 12.8 Å². The highest BCUT2D eigenvalue weighted by molar-refractivity contribution is 5.45. The second-order valence-corrected chi connectivity index (χ2v) is 8.20. The van der Waals surface area contributed by atoms with Crippen molar-refractivity contribution in [2.75, 3.05) is 24.6 Å². The van der Waals surface area contributed by atoms with Crippen molar-refractivity contribution in [2.45, 2.75) is 39.0 Å². The van der Waals surface area contributed by atoms with Crippen LogP contribution in [0.4, 0.5) is 5.82 Å². The first-order valence-electron chi connectivity index (χ1n) is 11.4. The lowest BCUT2D eigenvalue weighted by atomic mass is 10.1. The topological polar surface area (TPSA) is 68.4 Å². The summed E-state index contributed by atoms with van der Waals surface area (Å²) in [5, 5.41) is 0. The second-order valence-electron chi connectivity index (χ2n) is 8.20. The van der Waals surface area contributed by atoms with Gasteiger partial charge < -0.3 is 14.0 Å². The number of nitrogens with zero attached hydrogens (tertiary/aromatic N) is 6. The number of aromatic nitrogens is 5. The van der Waals surface area contributed by atoms with Gasteiger partial charge in [-0.05, 0) is 49.4 Å². The Morgan fingerprint density at radius 2 is 1.81 bits per heavy atom. The molecule has 0 unspecified atom stereocenters. The molecule has 1 saturated heterocycles. The zero-order valence-electron chi connectivity index (χ0n) is 18.4. The number of anilines is 1. The number of ether oxygens (including phenoxy) is 1. The Balaban J connectivity index is 1.43. The molecule has 0 saturated carbocycles. The molecule has 0 bridgehead atoms. The molecule has 0 aliphatic carbocycles. The highest BCUT2D eigenvalue weighted by Crippen LogP contribution is 2.21. The van der Waals surface area contributed by atoms with Gasteiger partial charge in [-0.15, -0.1) is 0 Å². The molecular weight excluding hydrogens is 400 g/mol. The number of rotatable bonds is 7. The molecule has 0 spiro atoms. The minimum atomic E-state index is 0.612. The molecule has 5 rings (SSSR count). The summed E-state index contributed by atoms with van der Waals surface area (Å²) in [6.07, 6.45) is 12.8. The fraction of sp³-hybridized carbons (Fsp3) is 0.360. The van der Waals surface area contributed by atoms with E-state index >= 15 is 0 Å². The molecule has 0 aromatic carbocycles. The predicted molar refractivity (Wildman–Crippen MR) is 124 cm³/mol. The first-order chi connectivity index (χ1) is 15.8. The highest BCUT2D eigenvalue weighted by atomic mass is 16.5. The first kappa shape index (κ1) is 20.4. The Hall–Kier alpha value is -3.48. The van der Waals surface area contributed by atoms with Crippen LogP contribution in [0.2, 0.25) is 0 Å². The molecule has 4 aromatic heterocycles. The average Bonchev–Trinajstić information content (AvgIpc) is 3.29. The highest BCUT2D eigenvalue weighted by Gasteiger charge is 2.15. The lowest BCUT2D eigenvalue weighted by molar-refractivity contribution is 0.326. The van der Waals surface area contributed by atoms with Crippen LogP contribution in [0.1, 0.15) is 48.8 Å². The van der Waals surface area contributed by atoms with E-state index < -0.39 is 0 Å². The molecule has 0 atom stereocenters. The van der Waals surface area contributed by atoms with Crippen LogP contribution in [0.15, 0.2) is 55.1 Å². The van der Waals surface area contributed by atoms with Crippen LogP contribution in [0.25, 0.3) is 5.65 Å². The van der Waals surface area contributed by atoms with Crippen molar-refractivity contribution in [1.82, 2.24) is 24.3 Å². The van der Waals surface area contributed by atoms with Gasteiger partial charge in [-0.2, -0.15) is 0 Å². The van der Waals surface area contributed by atoms with E-state index in [1.807, 2.05) is 42.0 Å². The van der Waals surface area contributed by atoms with Gasteiger partial charge in [-0.3, -0.25) is 0 Å². The Morgan fingerprint density at radius 1 is 0.906 bits per heavy atom. The Kier molecular flexibility index (Phi) is 5.96. The Bertz CT molecular complexity index is 1180. The number of hydrogen-bond acceptors (Lipinski definition) is 6. The minimum absolute atomic E-state index is 0.612. The zero-order chi connectivity index (χ0) is 21.8. The summed E-state index contributed by atoms with van der Waals surface area (Å²) in [6, 6.07) is 10.4. The monoisotopic (exact) mass is 428 g/mol. The number of hydrogen-bond donors (Lipinski definition) is 0. The third-order valence-corrected chi connectivity index (χ3v) is 5.79. The van der Waals surface area contributed by atoms with Crippen LogP contribution in [0, 0.1) is 0 Å². The summed E-state index contributed by atoms with van der Waals surface area (Å²) in [5.41, 5.74) is 4.26. The third kappa shape index (κ3) is 4.72. The molecule has 1 aliphatic rings. The Labute approximate surface area is 188 Å². The maximum Gasteiger partial charge on any atom is 0.213 e. The van der Waals surface area contributed by atoms with E-state index in [4.69, 9.17) is 14.7 Å². The fourth-order valence-electron chi connectivity index (χ4n) is 4.19. The smallest absolute Gasteiger partial charge is 0.213 e. The van der Waals surface area contributed by atoms with Gasteiger partial charge in [0.05, 0.1) is 12.3 Å². The number of piperidine rings is 1. The molecule has 0 radical (unpaired) electrons. The number of imidazole rings is 1. The number of fused-ring (bicyclic) bond motifs is 1. The molecular formula is C25H28N6O. The molecule has 5 heterocycles. The van der Waals surface area contributed by atoms with Gasteiger partial charge in [0.2, 0.25) is 5.88 Å². The summed E-state index contributed by atoms with van der Waals surface area (Å²) in [4.78, 5) is 21.1. The van der Waals surface area contributed by atoms with Gasteiger partial charge in [-0.1, -0.05) is 6.07 Å². The molecule has 1 aliphatic heterocycles. The van der Waals surface area contributed by atoms with Crippen LogP contribution in [-0.4, -0.2) is 44.0 Å². The summed E-state index contributed by atoms with van der Waals surface area (Å²) in [5.74, 6) is 2.51. The summed E-state index contributed by atoms with van der Waals surface area (Å²) >= 11 is 0. The molecule has 1 fully saturated rings.